The molecule has 10 heteroatoms. The second-order valence-electron chi connectivity index (χ2n) is 7.25. The number of aromatic nitrogens is 3. The number of fused-ring (bicyclic) bond motifs is 3. The Hall–Kier alpha value is -1.84. The van der Waals surface area contributed by atoms with Crippen molar-refractivity contribution in [1.82, 2.24) is 14.0 Å². The quantitative estimate of drug-likeness (QED) is 0.329. The number of rotatable bonds is 8. The summed E-state index contributed by atoms with van der Waals surface area (Å²) in [5.41, 5.74) is 2.27. The number of halogens is 2. The van der Waals surface area contributed by atoms with Crippen LogP contribution in [0.25, 0.3) is 16.7 Å². The van der Waals surface area contributed by atoms with Gasteiger partial charge in [0.05, 0.1) is 32.4 Å². The van der Waals surface area contributed by atoms with Crippen molar-refractivity contribution in [3.8, 4) is 5.88 Å². The fourth-order valence-corrected chi connectivity index (χ4v) is 3.89. The SMILES string of the molecule is COc1ccc2c(n1)n1cccc1c(=O)n2CCC[NH2+]CC[NH+]1CCOCC1.[Cl-].[Cl-]. The normalized spacial score (nSPS) is 14.4. The Kier molecular flexibility index (Phi) is 9.38. The van der Waals surface area contributed by atoms with E-state index >= 15 is 0 Å². The Morgan fingerprint density at radius 2 is 1.97 bits per heavy atom. The lowest BCUT2D eigenvalue weighted by molar-refractivity contribution is -0.919. The molecule has 0 aliphatic carbocycles. The predicted octanol–water partition coefficient (Wildman–Crippen LogP) is -7.47. The van der Waals surface area contributed by atoms with Crippen LogP contribution in [0.15, 0.2) is 35.3 Å². The van der Waals surface area contributed by atoms with Crippen LogP contribution in [-0.4, -0.2) is 67.0 Å². The maximum absolute atomic E-state index is 12.9. The van der Waals surface area contributed by atoms with E-state index in [9.17, 15) is 4.79 Å². The van der Waals surface area contributed by atoms with Gasteiger partial charge in [-0.1, -0.05) is 0 Å². The molecule has 0 spiro atoms. The molecular weight excluding hydrogens is 429 g/mol. The predicted molar refractivity (Wildman–Crippen MR) is 106 cm³/mol. The van der Waals surface area contributed by atoms with E-state index in [2.05, 4.69) is 10.3 Å². The topological polar surface area (TPSA) is 78.8 Å². The monoisotopic (exact) mass is 457 g/mol. The fourth-order valence-electron chi connectivity index (χ4n) is 3.89. The van der Waals surface area contributed by atoms with E-state index in [1.807, 2.05) is 39.4 Å². The third kappa shape index (κ3) is 5.25. The highest BCUT2D eigenvalue weighted by molar-refractivity contribution is 5.75. The van der Waals surface area contributed by atoms with Crippen LogP contribution in [0.5, 0.6) is 5.88 Å². The molecular formula is C20H29Cl2N5O3. The first-order valence-electron chi connectivity index (χ1n) is 10.1. The van der Waals surface area contributed by atoms with E-state index in [0.717, 1.165) is 57.0 Å². The Bertz CT molecular complexity index is 1000. The van der Waals surface area contributed by atoms with Gasteiger partial charge < -0.3 is 49.1 Å². The average molecular weight is 458 g/mol. The number of pyridine rings is 1. The standard InChI is InChI=1S/C20H27N5O3.2ClH/c1-27-18-6-5-16-19(22-18)24-9-2-4-17(24)20(26)25(16)10-3-7-21-8-11-23-12-14-28-15-13-23;;/h2,4-6,9,21H,3,7-8,10-15H2,1H3;2*1H. The first-order valence-corrected chi connectivity index (χ1v) is 10.1. The van der Waals surface area contributed by atoms with Gasteiger partial charge in [-0.3, -0.25) is 9.20 Å². The number of aryl methyl sites for hydroxylation is 1. The minimum Gasteiger partial charge on any atom is -1.00 e. The van der Waals surface area contributed by atoms with Crippen LogP contribution >= 0.6 is 0 Å². The average Bonchev–Trinajstić information content (AvgIpc) is 3.23. The molecule has 0 saturated carbocycles. The molecule has 0 bridgehead atoms. The summed E-state index contributed by atoms with van der Waals surface area (Å²) in [6.45, 7) is 7.97. The summed E-state index contributed by atoms with van der Waals surface area (Å²) < 4.78 is 14.4. The van der Waals surface area contributed by atoms with E-state index in [1.54, 1.807) is 12.0 Å². The summed E-state index contributed by atoms with van der Waals surface area (Å²) in [6, 6.07) is 7.46. The Morgan fingerprint density at radius 3 is 2.73 bits per heavy atom. The zero-order valence-electron chi connectivity index (χ0n) is 17.2. The molecule has 3 N–H and O–H groups in total. The highest BCUT2D eigenvalue weighted by Crippen LogP contribution is 2.17. The maximum Gasteiger partial charge on any atom is 0.275 e. The molecule has 3 aromatic rings. The van der Waals surface area contributed by atoms with Crippen LogP contribution < -0.4 is 45.3 Å². The molecule has 1 aliphatic heterocycles. The summed E-state index contributed by atoms with van der Waals surface area (Å²) in [5.74, 6) is 0.548. The number of hydrogen-bond acceptors (Lipinski definition) is 4. The zero-order chi connectivity index (χ0) is 19.3. The third-order valence-corrected chi connectivity index (χ3v) is 5.46. The zero-order valence-corrected chi connectivity index (χ0v) is 18.7. The van der Waals surface area contributed by atoms with E-state index in [1.165, 1.54) is 6.54 Å². The fraction of sp³-hybridized carbons (Fsp3) is 0.500. The lowest BCUT2D eigenvalue weighted by Gasteiger charge is -2.22. The molecule has 166 valence electrons. The number of morpholine rings is 1. The summed E-state index contributed by atoms with van der Waals surface area (Å²) in [7, 11) is 1.60. The number of quaternary nitrogens is 2. The van der Waals surface area contributed by atoms with Gasteiger partial charge in [-0.15, -0.1) is 0 Å². The van der Waals surface area contributed by atoms with Crippen molar-refractivity contribution in [3.63, 3.8) is 0 Å². The van der Waals surface area contributed by atoms with Gasteiger partial charge in [0.15, 0.2) is 5.65 Å². The summed E-state index contributed by atoms with van der Waals surface area (Å²) in [4.78, 5) is 19.1. The number of ether oxygens (including phenoxy) is 2. The van der Waals surface area contributed by atoms with E-state index < -0.39 is 0 Å². The van der Waals surface area contributed by atoms with Gasteiger partial charge in [0.2, 0.25) is 5.88 Å². The highest BCUT2D eigenvalue weighted by atomic mass is 35.5. The van der Waals surface area contributed by atoms with Gasteiger partial charge >= 0.3 is 0 Å². The lowest BCUT2D eigenvalue weighted by atomic mass is 10.3. The first-order chi connectivity index (χ1) is 13.8. The number of methoxy groups -OCH3 is 1. The molecule has 1 saturated heterocycles. The van der Waals surface area contributed by atoms with Gasteiger partial charge in [0.25, 0.3) is 5.56 Å². The molecule has 4 rings (SSSR count). The number of nitrogens with one attached hydrogen (secondary N) is 1. The second kappa shape index (κ2) is 11.5. The van der Waals surface area contributed by atoms with Crippen LogP contribution in [-0.2, 0) is 11.3 Å². The molecule has 0 radical (unpaired) electrons. The lowest BCUT2D eigenvalue weighted by Crippen LogP contribution is -3.16. The van der Waals surface area contributed by atoms with Gasteiger partial charge in [-0.25, -0.2) is 0 Å². The van der Waals surface area contributed by atoms with E-state index in [4.69, 9.17) is 9.47 Å². The first kappa shape index (κ1) is 24.4. The van der Waals surface area contributed by atoms with Crippen LogP contribution in [0.2, 0.25) is 0 Å². The molecule has 1 aliphatic rings. The van der Waals surface area contributed by atoms with Gasteiger partial charge in [-0.2, -0.15) is 4.98 Å². The summed E-state index contributed by atoms with van der Waals surface area (Å²) in [6.07, 6.45) is 2.81. The summed E-state index contributed by atoms with van der Waals surface area (Å²) in [5, 5.41) is 2.35. The summed E-state index contributed by atoms with van der Waals surface area (Å²) >= 11 is 0. The van der Waals surface area contributed by atoms with Crippen LogP contribution in [0.4, 0.5) is 0 Å². The van der Waals surface area contributed by atoms with Crippen molar-refractivity contribution in [1.29, 1.82) is 0 Å². The number of nitrogens with two attached hydrogens (primary N) is 1. The molecule has 4 heterocycles. The third-order valence-electron chi connectivity index (χ3n) is 5.46. The van der Waals surface area contributed by atoms with Crippen LogP contribution in [0.1, 0.15) is 6.42 Å². The highest BCUT2D eigenvalue weighted by Gasteiger charge is 2.14. The minimum absolute atomic E-state index is 0. The van der Waals surface area contributed by atoms with Crippen molar-refractivity contribution < 1.29 is 44.5 Å². The number of hydrogen-bond donors (Lipinski definition) is 2. The van der Waals surface area contributed by atoms with Crippen LogP contribution in [0.3, 0.4) is 0 Å². The van der Waals surface area contributed by atoms with Crippen molar-refractivity contribution in [2.24, 2.45) is 0 Å². The molecule has 8 nitrogen and oxygen atoms in total. The molecule has 0 unspecified atom stereocenters. The largest absolute Gasteiger partial charge is 1.00 e. The van der Waals surface area contributed by atoms with Crippen molar-refractivity contribution in [2.45, 2.75) is 13.0 Å². The van der Waals surface area contributed by atoms with E-state index in [0.29, 0.717) is 17.9 Å². The Labute approximate surface area is 188 Å². The number of nitrogens with zero attached hydrogens (tertiary/aromatic N) is 3. The molecule has 3 aromatic heterocycles. The molecule has 0 amide bonds. The molecule has 0 aromatic carbocycles. The minimum atomic E-state index is 0. The van der Waals surface area contributed by atoms with Gasteiger partial charge in [0.1, 0.15) is 31.7 Å². The van der Waals surface area contributed by atoms with Crippen LogP contribution in [0, 0.1) is 0 Å². The van der Waals surface area contributed by atoms with Crippen molar-refractivity contribution in [3.05, 3.63) is 40.8 Å². The molecule has 0 atom stereocenters. The van der Waals surface area contributed by atoms with E-state index in [-0.39, 0.29) is 30.4 Å². The van der Waals surface area contributed by atoms with Gasteiger partial charge in [0, 0.05) is 25.2 Å². The van der Waals surface area contributed by atoms with Crippen molar-refractivity contribution >= 4 is 16.7 Å². The smallest absolute Gasteiger partial charge is 0.275 e. The molecule has 1 fully saturated rings. The maximum atomic E-state index is 12.9. The van der Waals surface area contributed by atoms with Crippen molar-refractivity contribution in [2.75, 3.05) is 53.0 Å². The van der Waals surface area contributed by atoms with Gasteiger partial charge in [-0.05, 0) is 18.2 Å². The Balaban J connectivity index is 0.00000160. The second-order valence-corrected chi connectivity index (χ2v) is 7.25. The molecule has 30 heavy (non-hydrogen) atoms. The Morgan fingerprint density at radius 1 is 1.17 bits per heavy atom.